The van der Waals surface area contributed by atoms with Crippen LogP contribution in [0.2, 0.25) is 0 Å². The maximum Gasteiger partial charge on any atom is 0.228 e. The van der Waals surface area contributed by atoms with Gasteiger partial charge in [0.05, 0.1) is 12.2 Å². The van der Waals surface area contributed by atoms with Crippen LogP contribution < -0.4 is 10.1 Å². The van der Waals surface area contributed by atoms with E-state index in [9.17, 15) is 0 Å². The normalized spacial score (nSPS) is 15.9. The molecule has 1 atom stereocenters. The van der Waals surface area contributed by atoms with Gasteiger partial charge in [-0.25, -0.2) is 0 Å². The molecule has 1 aliphatic carbocycles. The highest BCUT2D eigenvalue weighted by Crippen LogP contribution is 2.34. The van der Waals surface area contributed by atoms with Gasteiger partial charge in [-0.05, 0) is 44.9 Å². The highest BCUT2D eigenvalue weighted by molar-refractivity contribution is 5.63. The molecule has 5 nitrogen and oxygen atoms in total. The van der Waals surface area contributed by atoms with Crippen LogP contribution >= 0.6 is 0 Å². The first-order chi connectivity index (χ1) is 10.3. The van der Waals surface area contributed by atoms with Crippen molar-refractivity contribution in [2.24, 2.45) is 5.92 Å². The number of likely N-dealkylation sites (N-methyl/N-ethyl adjacent to an activating group) is 1. The van der Waals surface area contributed by atoms with Gasteiger partial charge in [0.15, 0.2) is 0 Å². The van der Waals surface area contributed by atoms with Gasteiger partial charge in [0, 0.05) is 12.5 Å². The summed E-state index contributed by atoms with van der Waals surface area (Å²) in [6.45, 7) is 2.58. The number of para-hydroxylation sites is 1. The van der Waals surface area contributed by atoms with Crippen LogP contribution in [-0.4, -0.2) is 29.8 Å². The van der Waals surface area contributed by atoms with E-state index in [-0.39, 0.29) is 0 Å². The molecule has 21 heavy (non-hydrogen) atoms. The topological polar surface area (TPSA) is 60.2 Å². The number of rotatable bonds is 7. The van der Waals surface area contributed by atoms with Crippen molar-refractivity contribution in [2.45, 2.75) is 32.2 Å². The molecular weight excluding hydrogens is 266 g/mol. The number of nitrogens with zero attached hydrogens (tertiary/aromatic N) is 2. The Morgan fingerprint density at radius 1 is 1.38 bits per heavy atom. The van der Waals surface area contributed by atoms with E-state index in [1.807, 2.05) is 38.2 Å². The van der Waals surface area contributed by atoms with Crippen LogP contribution in [0.25, 0.3) is 11.4 Å². The summed E-state index contributed by atoms with van der Waals surface area (Å²) in [5.74, 6) is 2.82. The second kappa shape index (κ2) is 6.26. The van der Waals surface area contributed by atoms with Crippen LogP contribution in [0.5, 0.6) is 5.75 Å². The Hall–Kier alpha value is -1.88. The third-order valence-corrected chi connectivity index (χ3v) is 3.85. The maximum absolute atomic E-state index is 5.62. The zero-order chi connectivity index (χ0) is 14.7. The first-order valence-corrected chi connectivity index (χ1v) is 7.54. The third kappa shape index (κ3) is 3.24. The smallest absolute Gasteiger partial charge is 0.228 e. The first-order valence-electron chi connectivity index (χ1n) is 7.54. The Morgan fingerprint density at radius 3 is 2.90 bits per heavy atom. The van der Waals surface area contributed by atoms with Crippen molar-refractivity contribution < 1.29 is 9.26 Å². The molecule has 1 fully saturated rings. The van der Waals surface area contributed by atoms with E-state index in [1.54, 1.807) is 0 Å². The average molecular weight is 287 g/mol. The fraction of sp³-hybridized carbons (Fsp3) is 0.500. The zero-order valence-corrected chi connectivity index (χ0v) is 12.5. The summed E-state index contributed by atoms with van der Waals surface area (Å²) in [6.07, 6.45) is 3.37. The van der Waals surface area contributed by atoms with Crippen LogP contribution in [0, 0.1) is 5.92 Å². The molecule has 0 radical (unpaired) electrons. The summed E-state index contributed by atoms with van der Waals surface area (Å²) in [5, 5.41) is 7.44. The predicted octanol–water partition coefficient (Wildman–Crippen LogP) is 2.68. The van der Waals surface area contributed by atoms with Crippen LogP contribution in [0.15, 0.2) is 28.8 Å². The summed E-state index contributed by atoms with van der Waals surface area (Å²) < 4.78 is 11.0. The van der Waals surface area contributed by atoms with Gasteiger partial charge in [0.1, 0.15) is 5.75 Å². The van der Waals surface area contributed by atoms with Crippen LogP contribution in [0.4, 0.5) is 0 Å². The monoisotopic (exact) mass is 287 g/mol. The van der Waals surface area contributed by atoms with Gasteiger partial charge in [-0.15, -0.1) is 0 Å². The van der Waals surface area contributed by atoms with E-state index < -0.39 is 0 Å². The molecule has 0 bridgehead atoms. The van der Waals surface area contributed by atoms with E-state index >= 15 is 0 Å². The lowest BCUT2D eigenvalue weighted by Gasteiger charge is -2.11. The zero-order valence-electron chi connectivity index (χ0n) is 12.5. The Balaban J connectivity index is 1.78. The largest absolute Gasteiger partial charge is 0.493 e. The standard InChI is InChI=1S/C16H21N3O2/c1-3-20-14-7-5-4-6-12(14)16-18-15(21-19-16)10-13(17-2)11-8-9-11/h4-7,11,13,17H,3,8-10H2,1-2H3. The molecule has 1 aromatic carbocycles. The quantitative estimate of drug-likeness (QED) is 0.848. The van der Waals surface area contributed by atoms with Crippen molar-refractivity contribution in [2.75, 3.05) is 13.7 Å². The second-order valence-corrected chi connectivity index (χ2v) is 5.38. The van der Waals surface area contributed by atoms with E-state index in [4.69, 9.17) is 9.26 Å². The van der Waals surface area contributed by atoms with Gasteiger partial charge >= 0.3 is 0 Å². The van der Waals surface area contributed by atoms with Gasteiger partial charge in [-0.1, -0.05) is 17.3 Å². The molecule has 0 saturated heterocycles. The minimum atomic E-state index is 0.431. The molecule has 112 valence electrons. The number of ether oxygens (including phenoxy) is 1. The summed E-state index contributed by atoms with van der Waals surface area (Å²) >= 11 is 0. The minimum Gasteiger partial charge on any atom is -0.493 e. The summed E-state index contributed by atoms with van der Waals surface area (Å²) in [7, 11) is 1.99. The Morgan fingerprint density at radius 2 is 2.19 bits per heavy atom. The summed E-state index contributed by atoms with van der Waals surface area (Å²) in [5.41, 5.74) is 0.877. The number of benzene rings is 1. The molecule has 1 saturated carbocycles. The number of aromatic nitrogens is 2. The molecule has 0 amide bonds. The Bertz CT molecular complexity index is 593. The summed E-state index contributed by atoms with van der Waals surface area (Å²) in [4.78, 5) is 4.52. The molecular formula is C16H21N3O2. The Labute approximate surface area is 124 Å². The minimum absolute atomic E-state index is 0.431. The van der Waals surface area contributed by atoms with Gasteiger partial charge in [-0.2, -0.15) is 4.98 Å². The van der Waals surface area contributed by atoms with Crippen molar-refractivity contribution >= 4 is 0 Å². The fourth-order valence-electron chi connectivity index (χ4n) is 2.57. The molecule has 1 unspecified atom stereocenters. The van der Waals surface area contributed by atoms with Crippen LogP contribution in [0.1, 0.15) is 25.7 Å². The molecule has 3 rings (SSSR count). The fourth-order valence-corrected chi connectivity index (χ4v) is 2.57. The van der Waals surface area contributed by atoms with Crippen molar-refractivity contribution in [3.63, 3.8) is 0 Å². The van der Waals surface area contributed by atoms with Crippen molar-refractivity contribution in [1.29, 1.82) is 0 Å². The van der Waals surface area contributed by atoms with Gasteiger partial charge < -0.3 is 14.6 Å². The van der Waals surface area contributed by atoms with Gasteiger partial charge in [0.2, 0.25) is 11.7 Å². The lowest BCUT2D eigenvalue weighted by Crippen LogP contribution is -2.29. The van der Waals surface area contributed by atoms with Crippen molar-refractivity contribution in [3.8, 4) is 17.1 Å². The molecule has 0 spiro atoms. The van der Waals surface area contributed by atoms with E-state index in [2.05, 4.69) is 15.5 Å². The average Bonchev–Trinajstić information content (AvgIpc) is 3.25. The van der Waals surface area contributed by atoms with E-state index in [0.717, 1.165) is 23.7 Å². The second-order valence-electron chi connectivity index (χ2n) is 5.38. The van der Waals surface area contributed by atoms with E-state index in [1.165, 1.54) is 12.8 Å². The highest BCUT2D eigenvalue weighted by atomic mass is 16.5. The third-order valence-electron chi connectivity index (χ3n) is 3.85. The van der Waals surface area contributed by atoms with Crippen molar-refractivity contribution in [1.82, 2.24) is 15.5 Å². The van der Waals surface area contributed by atoms with Crippen molar-refractivity contribution in [3.05, 3.63) is 30.2 Å². The van der Waals surface area contributed by atoms with Gasteiger partial charge in [0.25, 0.3) is 0 Å². The first kappa shape index (κ1) is 14.1. The van der Waals surface area contributed by atoms with Gasteiger partial charge in [-0.3, -0.25) is 0 Å². The SMILES string of the molecule is CCOc1ccccc1-c1noc(CC(NC)C2CC2)n1. The lowest BCUT2D eigenvalue weighted by molar-refractivity contribution is 0.340. The highest BCUT2D eigenvalue weighted by Gasteiger charge is 2.31. The molecule has 1 aliphatic rings. The maximum atomic E-state index is 5.62. The molecule has 2 aromatic rings. The molecule has 5 heteroatoms. The molecule has 1 heterocycles. The number of hydrogen-bond acceptors (Lipinski definition) is 5. The van der Waals surface area contributed by atoms with E-state index in [0.29, 0.717) is 24.4 Å². The molecule has 0 aliphatic heterocycles. The number of hydrogen-bond donors (Lipinski definition) is 1. The van der Waals surface area contributed by atoms with Crippen LogP contribution in [0.3, 0.4) is 0 Å². The summed E-state index contributed by atoms with van der Waals surface area (Å²) in [6, 6.07) is 8.21. The predicted molar refractivity (Wildman–Crippen MR) is 80.2 cm³/mol. The number of nitrogens with one attached hydrogen (secondary N) is 1. The Kier molecular flexibility index (Phi) is 4.20. The van der Waals surface area contributed by atoms with Crippen LogP contribution in [-0.2, 0) is 6.42 Å². The lowest BCUT2D eigenvalue weighted by atomic mass is 10.1. The molecule has 1 aromatic heterocycles. The molecule has 1 N–H and O–H groups in total.